The van der Waals surface area contributed by atoms with E-state index in [9.17, 15) is 0 Å². The predicted molar refractivity (Wildman–Crippen MR) is 69.7 cm³/mol. The Morgan fingerprint density at radius 2 is 2.17 bits per heavy atom. The zero-order chi connectivity index (χ0) is 13.0. The molecule has 2 aromatic rings. The fraction of sp³-hybridized carbons (Fsp3) is 0.231. The number of rotatable bonds is 4. The number of aromatic nitrogens is 2. The molecule has 0 spiro atoms. The van der Waals surface area contributed by atoms with Gasteiger partial charge in [-0.2, -0.15) is 0 Å². The maximum atomic E-state index is 5.98. The van der Waals surface area contributed by atoms with Crippen LogP contribution in [0.2, 0.25) is 5.15 Å². The van der Waals surface area contributed by atoms with Gasteiger partial charge in [-0.25, -0.2) is 9.97 Å². The number of hydrogen-bond acceptors (Lipinski definition) is 4. The van der Waals surface area contributed by atoms with Crippen LogP contribution in [-0.2, 0) is 4.74 Å². The second kappa shape index (κ2) is 5.80. The molecule has 0 atom stereocenters. The number of methoxy groups -OCH3 is 1. The van der Waals surface area contributed by atoms with Crippen LogP contribution in [0.25, 0.3) is 11.4 Å². The summed E-state index contributed by atoms with van der Waals surface area (Å²) in [5, 5.41) is 0.461. The van der Waals surface area contributed by atoms with E-state index < -0.39 is 0 Å². The Morgan fingerprint density at radius 1 is 1.33 bits per heavy atom. The first-order valence-electron chi connectivity index (χ1n) is 5.42. The van der Waals surface area contributed by atoms with Gasteiger partial charge in [0.15, 0.2) is 12.6 Å². The normalized spacial score (nSPS) is 10.4. The molecule has 1 aromatic heterocycles. The van der Waals surface area contributed by atoms with Crippen molar-refractivity contribution in [2.75, 3.05) is 13.9 Å². The fourth-order valence-electron chi connectivity index (χ4n) is 1.41. The van der Waals surface area contributed by atoms with Crippen molar-refractivity contribution < 1.29 is 9.47 Å². The fourth-order valence-corrected chi connectivity index (χ4v) is 1.54. The van der Waals surface area contributed by atoms with Gasteiger partial charge in [0, 0.05) is 24.4 Å². The van der Waals surface area contributed by atoms with Crippen molar-refractivity contribution in [3.8, 4) is 17.1 Å². The van der Waals surface area contributed by atoms with Crippen molar-refractivity contribution in [2.45, 2.75) is 6.92 Å². The van der Waals surface area contributed by atoms with Gasteiger partial charge in [0.25, 0.3) is 0 Å². The first-order valence-corrected chi connectivity index (χ1v) is 5.80. The Morgan fingerprint density at radius 3 is 2.89 bits per heavy atom. The molecule has 0 aliphatic heterocycles. The van der Waals surface area contributed by atoms with Crippen molar-refractivity contribution in [3.63, 3.8) is 0 Å². The molecule has 0 amide bonds. The van der Waals surface area contributed by atoms with Gasteiger partial charge in [0.2, 0.25) is 0 Å². The standard InChI is InChI=1S/C13H13ClN2O2/c1-9-7-15-13(16-12(9)14)10-4-3-5-11(6-10)18-8-17-2/h3-7H,8H2,1-2H3. The van der Waals surface area contributed by atoms with Gasteiger partial charge in [-0.05, 0) is 19.1 Å². The SMILES string of the molecule is COCOc1cccc(-c2ncc(C)c(Cl)n2)c1. The van der Waals surface area contributed by atoms with E-state index in [0.29, 0.717) is 16.7 Å². The molecule has 5 heteroatoms. The third-order valence-corrected chi connectivity index (χ3v) is 2.73. The summed E-state index contributed by atoms with van der Waals surface area (Å²) in [5.74, 6) is 1.28. The summed E-state index contributed by atoms with van der Waals surface area (Å²) in [4.78, 5) is 8.48. The highest BCUT2D eigenvalue weighted by atomic mass is 35.5. The molecule has 0 fully saturated rings. The molecule has 2 rings (SSSR count). The van der Waals surface area contributed by atoms with Crippen LogP contribution in [0.1, 0.15) is 5.56 Å². The zero-order valence-electron chi connectivity index (χ0n) is 10.2. The van der Waals surface area contributed by atoms with Crippen molar-refractivity contribution in [1.29, 1.82) is 0 Å². The monoisotopic (exact) mass is 264 g/mol. The lowest BCUT2D eigenvalue weighted by Gasteiger charge is -2.06. The van der Waals surface area contributed by atoms with Crippen LogP contribution in [0.5, 0.6) is 5.75 Å². The number of nitrogens with zero attached hydrogens (tertiary/aromatic N) is 2. The summed E-state index contributed by atoms with van der Waals surface area (Å²) in [6, 6.07) is 7.47. The lowest BCUT2D eigenvalue weighted by molar-refractivity contribution is 0.0511. The topological polar surface area (TPSA) is 44.2 Å². The summed E-state index contributed by atoms with van der Waals surface area (Å²) in [6.45, 7) is 2.07. The maximum absolute atomic E-state index is 5.98. The molecular formula is C13H13ClN2O2. The van der Waals surface area contributed by atoms with Gasteiger partial charge < -0.3 is 9.47 Å². The average Bonchev–Trinajstić information content (AvgIpc) is 2.40. The molecule has 0 unspecified atom stereocenters. The number of halogens is 1. The highest BCUT2D eigenvalue weighted by molar-refractivity contribution is 6.30. The molecule has 0 saturated carbocycles. The molecule has 1 aromatic carbocycles. The van der Waals surface area contributed by atoms with Gasteiger partial charge in [-0.1, -0.05) is 23.7 Å². The van der Waals surface area contributed by atoms with E-state index >= 15 is 0 Å². The minimum Gasteiger partial charge on any atom is -0.468 e. The molecule has 0 bridgehead atoms. The van der Waals surface area contributed by atoms with E-state index in [1.54, 1.807) is 13.3 Å². The Labute approximate surface area is 111 Å². The van der Waals surface area contributed by atoms with E-state index in [1.165, 1.54) is 0 Å². The minimum atomic E-state index is 0.207. The Kier molecular flexibility index (Phi) is 4.12. The Bertz CT molecular complexity index is 546. The highest BCUT2D eigenvalue weighted by Gasteiger charge is 2.05. The quantitative estimate of drug-likeness (QED) is 0.629. The van der Waals surface area contributed by atoms with E-state index in [2.05, 4.69) is 9.97 Å². The summed E-state index contributed by atoms with van der Waals surface area (Å²) in [6.07, 6.45) is 1.70. The summed E-state index contributed by atoms with van der Waals surface area (Å²) in [7, 11) is 1.58. The predicted octanol–water partition coefficient (Wildman–Crippen LogP) is 3.09. The third kappa shape index (κ3) is 2.97. The molecule has 0 radical (unpaired) electrons. The molecule has 0 aliphatic rings. The molecule has 1 heterocycles. The number of hydrogen-bond donors (Lipinski definition) is 0. The molecule has 0 aliphatic carbocycles. The van der Waals surface area contributed by atoms with E-state index in [1.807, 2.05) is 31.2 Å². The van der Waals surface area contributed by atoms with Gasteiger partial charge in [0.05, 0.1) is 0 Å². The second-order valence-electron chi connectivity index (χ2n) is 3.75. The molecular weight excluding hydrogens is 252 g/mol. The second-order valence-corrected chi connectivity index (χ2v) is 4.10. The minimum absolute atomic E-state index is 0.207. The third-order valence-electron chi connectivity index (χ3n) is 2.35. The lowest BCUT2D eigenvalue weighted by Crippen LogP contribution is -1.99. The van der Waals surface area contributed by atoms with Crippen LogP contribution in [0.15, 0.2) is 30.5 Å². The highest BCUT2D eigenvalue weighted by Crippen LogP contribution is 2.22. The smallest absolute Gasteiger partial charge is 0.188 e. The molecule has 0 N–H and O–H groups in total. The summed E-state index contributed by atoms with van der Waals surface area (Å²) < 4.78 is 10.2. The van der Waals surface area contributed by atoms with E-state index in [0.717, 1.165) is 11.1 Å². The molecule has 94 valence electrons. The maximum Gasteiger partial charge on any atom is 0.188 e. The molecule has 4 nitrogen and oxygen atoms in total. The van der Waals surface area contributed by atoms with Gasteiger partial charge >= 0.3 is 0 Å². The van der Waals surface area contributed by atoms with Crippen LogP contribution in [0.3, 0.4) is 0 Å². The van der Waals surface area contributed by atoms with Crippen LogP contribution in [0.4, 0.5) is 0 Å². The Balaban J connectivity index is 2.29. The number of benzene rings is 1. The van der Waals surface area contributed by atoms with Gasteiger partial charge in [-0.3, -0.25) is 0 Å². The van der Waals surface area contributed by atoms with Gasteiger partial charge in [0.1, 0.15) is 10.9 Å². The van der Waals surface area contributed by atoms with E-state index in [-0.39, 0.29) is 6.79 Å². The molecule has 18 heavy (non-hydrogen) atoms. The number of ether oxygens (including phenoxy) is 2. The first kappa shape index (κ1) is 12.8. The number of aryl methyl sites for hydroxylation is 1. The molecule has 0 saturated heterocycles. The van der Waals surface area contributed by atoms with Crippen molar-refractivity contribution in [1.82, 2.24) is 9.97 Å². The zero-order valence-corrected chi connectivity index (χ0v) is 10.9. The lowest BCUT2D eigenvalue weighted by atomic mass is 10.2. The van der Waals surface area contributed by atoms with Crippen LogP contribution in [-0.4, -0.2) is 23.9 Å². The van der Waals surface area contributed by atoms with Crippen molar-refractivity contribution in [3.05, 3.63) is 41.2 Å². The first-order chi connectivity index (χ1) is 8.70. The Hall–Kier alpha value is -1.65. The van der Waals surface area contributed by atoms with Crippen LogP contribution < -0.4 is 4.74 Å². The summed E-state index contributed by atoms with van der Waals surface area (Å²) in [5.41, 5.74) is 1.71. The largest absolute Gasteiger partial charge is 0.468 e. The summed E-state index contributed by atoms with van der Waals surface area (Å²) >= 11 is 5.98. The van der Waals surface area contributed by atoms with Gasteiger partial charge in [-0.15, -0.1) is 0 Å². The average molecular weight is 265 g/mol. The van der Waals surface area contributed by atoms with Crippen LogP contribution >= 0.6 is 11.6 Å². The van der Waals surface area contributed by atoms with Crippen LogP contribution in [0, 0.1) is 6.92 Å². The van der Waals surface area contributed by atoms with Crippen molar-refractivity contribution >= 4 is 11.6 Å². The van der Waals surface area contributed by atoms with E-state index in [4.69, 9.17) is 21.1 Å². The van der Waals surface area contributed by atoms with Crippen molar-refractivity contribution in [2.24, 2.45) is 0 Å².